The summed E-state index contributed by atoms with van der Waals surface area (Å²) in [6.45, 7) is 5.31. The molecule has 0 spiro atoms. The van der Waals surface area contributed by atoms with Crippen LogP contribution in [-0.4, -0.2) is 67.7 Å². The summed E-state index contributed by atoms with van der Waals surface area (Å²) >= 11 is 0. The maximum atomic E-state index is 14.7. The second kappa shape index (κ2) is 10.3. The third kappa shape index (κ3) is 5.31. The van der Waals surface area contributed by atoms with Gasteiger partial charge in [-0.2, -0.15) is 5.26 Å². The number of likely N-dealkylation sites (tertiary alicyclic amines) is 1. The molecule has 2 atom stereocenters. The Morgan fingerprint density at radius 3 is 2.70 bits per heavy atom. The van der Waals surface area contributed by atoms with Gasteiger partial charge in [0.25, 0.3) is 5.91 Å². The summed E-state index contributed by atoms with van der Waals surface area (Å²) in [4.78, 5) is 44.0. The topological polar surface area (TPSA) is 160 Å². The number of nitrogens with one attached hydrogen (secondary N) is 1. The van der Waals surface area contributed by atoms with Crippen LogP contribution in [0.4, 0.5) is 15.0 Å². The van der Waals surface area contributed by atoms with Gasteiger partial charge in [0, 0.05) is 36.2 Å². The summed E-state index contributed by atoms with van der Waals surface area (Å²) < 4.78 is 20.2. The predicted molar refractivity (Wildman–Crippen MR) is 146 cm³/mol. The first-order chi connectivity index (χ1) is 19.0. The number of carbonyl (C=O) groups excluding carboxylic acids is 2. The number of amides is 2. The molecule has 12 heteroatoms. The molecule has 0 radical (unpaired) electrons. The number of alkyl halides is 1. The van der Waals surface area contributed by atoms with E-state index in [4.69, 9.17) is 15.5 Å². The quantitative estimate of drug-likeness (QED) is 0.389. The van der Waals surface area contributed by atoms with Gasteiger partial charge in [0.05, 0.1) is 28.9 Å². The van der Waals surface area contributed by atoms with E-state index in [1.54, 1.807) is 51.2 Å². The first kappa shape index (κ1) is 26.7. The lowest BCUT2D eigenvalue weighted by atomic mass is 9.98. The van der Waals surface area contributed by atoms with Crippen LogP contribution in [0.5, 0.6) is 0 Å². The number of primary amides is 1. The van der Waals surface area contributed by atoms with E-state index in [1.165, 1.54) is 17.3 Å². The van der Waals surface area contributed by atoms with Crippen molar-refractivity contribution in [2.45, 2.75) is 45.0 Å². The summed E-state index contributed by atoms with van der Waals surface area (Å²) in [6, 6.07) is 10.2. The summed E-state index contributed by atoms with van der Waals surface area (Å²) in [5, 5.41) is 13.8. The average Bonchev–Trinajstić information content (AvgIpc) is 2.90. The maximum Gasteiger partial charge on any atom is 0.410 e. The Labute approximate surface area is 229 Å². The third-order valence-electron chi connectivity index (χ3n) is 6.42. The van der Waals surface area contributed by atoms with Gasteiger partial charge in [-0.05, 0) is 51.1 Å². The van der Waals surface area contributed by atoms with E-state index < -0.39 is 29.8 Å². The van der Waals surface area contributed by atoms with Gasteiger partial charge in [0.15, 0.2) is 5.82 Å². The lowest BCUT2D eigenvalue weighted by Crippen LogP contribution is -2.51. The fraction of sp³-hybridized carbons (Fsp3) is 0.321. The van der Waals surface area contributed by atoms with Gasteiger partial charge >= 0.3 is 6.09 Å². The molecule has 3 aromatic heterocycles. The Balaban J connectivity index is 1.57. The summed E-state index contributed by atoms with van der Waals surface area (Å²) in [6.07, 6.45) is 1.10. The molecule has 1 aliphatic rings. The van der Waals surface area contributed by atoms with Gasteiger partial charge in [-0.15, -0.1) is 0 Å². The zero-order valence-electron chi connectivity index (χ0n) is 22.2. The largest absolute Gasteiger partial charge is 0.444 e. The molecule has 204 valence electrons. The summed E-state index contributed by atoms with van der Waals surface area (Å²) in [5.74, 6) is -0.504. The van der Waals surface area contributed by atoms with Crippen molar-refractivity contribution in [3.05, 3.63) is 54.0 Å². The minimum Gasteiger partial charge on any atom is -0.444 e. The van der Waals surface area contributed by atoms with Crippen molar-refractivity contribution in [3.63, 3.8) is 0 Å². The van der Waals surface area contributed by atoms with Crippen molar-refractivity contribution in [2.24, 2.45) is 5.73 Å². The van der Waals surface area contributed by atoms with Gasteiger partial charge in [0.1, 0.15) is 35.2 Å². The molecule has 4 heterocycles. The van der Waals surface area contributed by atoms with E-state index in [0.29, 0.717) is 27.7 Å². The van der Waals surface area contributed by atoms with Crippen LogP contribution in [0, 0.1) is 11.3 Å². The average molecular weight is 543 g/mol. The number of carbonyl (C=O) groups is 2. The Morgan fingerprint density at radius 1 is 1.18 bits per heavy atom. The number of fused-ring (bicyclic) bond motifs is 2. The van der Waals surface area contributed by atoms with Crippen molar-refractivity contribution in [1.29, 1.82) is 5.26 Å². The van der Waals surface area contributed by atoms with Gasteiger partial charge in [0.2, 0.25) is 0 Å². The van der Waals surface area contributed by atoms with Crippen LogP contribution in [0.2, 0.25) is 0 Å². The van der Waals surface area contributed by atoms with E-state index in [2.05, 4.69) is 26.3 Å². The molecule has 5 rings (SSSR count). The van der Waals surface area contributed by atoms with Gasteiger partial charge in [-0.25, -0.2) is 24.1 Å². The summed E-state index contributed by atoms with van der Waals surface area (Å²) in [7, 11) is 0. The van der Waals surface area contributed by atoms with Crippen LogP contribution in [0.25, 0.3) is 33.2 Å². The van der Waals surface area contributed by atoms with Crippen molar-refractivity contribution < 1.29 is 18.7 Å². The van der Waals surface area contributed by atoms with E-state index in [-0.39, 0.29) is 41.9 Å². The van der Waals surface area contributed by atoms with E-state index in [1.807, 2.05) is 0 Å². The fourth-order valence-electron chi connectivity index (χ4n) is 4.77. The van der Waals surface area contributed by atoms with Crippen molar-refractivity contribution in [3.8, 4) is 17.3 Å². The van der Waals surface area contributed by atoms with E-state index in [0.717, 1.165) is 0 Å². The molecular formula is C28H27FN8O3. The van der Waals surface area contributed by atoms with Crippen LogP contribution in [0.15, 0.2) is 42.9 Å². The van der Waals surface area contributed by atoms with Crippen LogP contribution < -0.4 is 11.1 Å². The number of nitrogens with two attached hydrogens (primary N) is 1. The Bertz CT molecular complexity index is 1680. The standard InChI is InChI=1S/C28H27FN8O3/c1-28(2,3)40-27(39)37-12-15(29)9-16(13-37)35-26-24-23(33-14-34-26)19(25(31)38)10-22(36-24)18-6-7-21-17(20(18)11-30)5-4-8-32-21/h4-8,10,14-16H,9,12-13H2,1-3H3,(H2,31,38)(H,33,34,35)/t15-,16-/m0/s1. The van der Waals surface area contributed by atoms with Crippen molar-refractivity contribution in [2.75, 3.05) is 18.4 Å². The lowest BCUT2D eigenvalue weighted by molar-refractivity contribution is 0.0124. The number of piperidine rings is 1. The molecule has 2 amide bonds. The number of pyridine rings is 2. The fourth-order valence-corrected chi connectivity index (χ4v) is 4.77. The number of ether oxygens (including phenoxy) is 1. The van der Waals surface area contributed by atoms with Gasteiger partial charge in [-0.1, -0.05) is 0 Å². The number of benzene rings is 1. The molecule has 3 N–H and O–H groups in total. The number of nitrogens with zero attached hydrogens (tertiary/aromatic N) is 6. The molecular weight excluding hydrogens is 515 g/mol. The first-order valence-electron chi connectivity index (χ1n) is 12.7. The smallest absolute Gasteiger partial charge is 0.410 e. The highest BCUT2D eigenvalue weighted by atomic mass is 19.1. The molecule has 1 aliphatic heterocycles. The molecule has 0 unspecified atom stereocenters. The number of halogens is 1. The zero-order valence-corrected chi connectivity index (χ0v) is 22.2. The summed E-state index contributed by atoms with van der Waals surface area (Å²) in [5.41, 5.74) is 7.24. The maximum absolute atomic E-state index is 14.7. The van der Waals surface area contributed by atoms with Crippen LogP contribution in [0.1, 0.15) is 43.1 Å². The predicted octanol–water partition coefficient (Wildman–Crippen LogP) is 3.97. The Hall–Kier alpha value is -4.92. The molecule has 0 saturated carbocycles. The Kier molecular flexibility index (Phi) is 6.89. The number of anilines is 1. The monoisotopic (exact) mass is 542 g/mol. The van der Waals surface area contributed by atoms with E-state index in [9.17, 15) is 19.2 Å². The molecule has 4 aromatic rings. The zero-order chi connectivity index (χ0) is 28.6. The SMILES string of the molecule is CC(C)(C)OC(=O)N1C[C@@H](F)C[C@H](Nc2ncnc3c(C(N)=O)cc(-c4ccc5ncccc5c4C#N)nc23)C1. The van der Waals surface area contributed by atoms with E-state index >= 15 is 0 Å². The normalized spacial score (nSPS) is 17.4. The molecule has 1 saturated heterocycles. The van der Waals surface area contributed by atoms with Crippen LogP contribution in [0.3, 0.4) is 0 Å². The first-order valence-corrected chi connectivity index (χ1v) is 12.7. The Morgan fingerprint density at radius 2 is 1.98 bits per heavy atom. The third-order valence-corrected chi connectivity index (χ3v) is 6.42. The highest BCUT2D eigenvalue weighted by Crippen LogP contribution is 2.32. The van der Waals surface area contributed by atoms with Gasteiger partial charge in [-0.3, -0.25) is 9.78 Å². The number of hydrogen-bond donors (Lipinski definition) is 2. The molecule has 1 aromatic carbocycles. The number of aromatic nitrogens is 4. The highest BCUT2D eigenvalue weighted by molar-refractivity contribution is 6.07. The number of nitriles is 1. The van der Waals surface area contributed by atoms with Crippen LogP contribution >= 0.6 is 0 Å². The second-order valence-electron chi connectivity index (χ2n) is 10.6. The highest BCUT2D eigenvalue weighted by Gasteiger charge is 2.33. The number of hydrogen-bond acceptors (Lipinski definition) is 9. The molecule has 40 heavy (non-hydrogen) atoms. The van der Waals surface area contributed by atoms with Crippen molar-refractivity contribution >= 4 is 39.8 Å². The minimum absolute atomic E-state index is 0.0837. The van der Waals surface area contributed by atoms with Crippen LogP contribution in [-0.2, 0) is 4.74 Å². The molecule has 0 bridgehead atoms. The molecule has 0 aliphatic carbocycles. The second-order valence-corrected chi connectivity index (χ2v) is 10.6. The minimum atomic E-state index is -1.29. The van der Waals surface area contributed by atoms with Gasteiger partial charge < -0.3 is 20.7 Å². The number of rotatable bonds is 4. The lowest BCUT2D eigenvalue weighted by Gasteiger charge is -2.36. The van der Waals surface area contributed by atoms with Crippen molar-refractivity contribution in [1.82, 2.24) is 24.8 Å². The molecule has 11 nitrogen and oxygen atoms in total. The molecule has 1 fully saturated rings.